The second kappa shape index (κ2) is 9.67. The quantitative estimate of drug-likeness (QED) is 0.672. The Labute approximate surface area is 107 Å². The highest BCUT2D eigenvalue weighted by Crippen LogP contribution is 2.27. The minimum atomic E-state index is 0.206. The highest BCUT2D eigenvalue weighted by Gasteiger charge is 2.19. The van der Waals surface area contributed by atoms with Gasteiger partial charge in [0.15, 0.2) is 0 Å². The number of carbonyl (C=O) groups excluding carboxylic acids is 1. The van der Waals surface area contributed by atoms with Crippen LogP contribution in [-0.2, 0) is 4.79 Å². The summed E-state index contributed by atoms with van der Waals surface area (Å²) in [5, 5.41) is 0. The van der Waals surface area contributed by atoms with Gasteiger partial charge in [-0.2, -0.15) is 0 Å². The van der Waals surface area contributed by atoms with Crippen LogP contribution in [0.2, 0.25) is 0 Å². The van der Waals surface area contributed by atoms with E-state index < -0.39 is 0 Å². The molecule has 1 fully saturated rings. The third-order valence-electron chi connectivity index (χ3n) is 4.31. The van der Waals surface area contributed by atoms with Crippen molar-refractivity contribution in [3.8, 4) is 0 Å². The van der Waals surface area contributed by atoms with Crippen molar-refractivity contribution < 1.29 is 4.79 Å². The third kappa shape index (κ3) is 6.24. The van der Waals surface area contributed by atoms with Crippen LogP contribution in [0, 0.1) is 11.8 Å². The molecule has 0 heterocycles. The summed E-state index contributed by atoms with van der Waals surface area (Å²) < 4.78 is 0. The molecule has 0 aromatic rings. The first kappa shape index (κ1) is 14.7. The average molecular weight is 237 g/mol. The van der Waals surface area contributed by atoms with Crippen molar-refractivity contribution in [2.45, 2.75) is 84.0 Å². The zero-order valence-corrected chi connectivity index (χ0v) is 11.5. The summed E-state index contributed by atoms with van der Waals surface area (Å²) >= 11 is 0. The Hall–Kier alpha value is -0.330. The van der Waals surface area contributed by atoms with Gasteiger partial charge >= 0.3 is 0 Å². The molecule has 1 heteroatoms. The lowest BCUT2D eigenvalue weighted by Crippen LogP contribution is -2.16. The van der Waals surface area contributed by atoms with E-state index in [-0.39, 0.29) is 5.92 Å². The van der Waals surface area contributed by atoms with Gasteiger partial charge in [0.1, 0.15) is 0 Å². The Morgan fingerprint density at radius 2 is 1.29 bits per heavy atom. The topological polar surface area (TPSA) is 17.1 Å². The number of rotatable bonds is 3. The Morgan fingerprint density at radius 1 is 0.882 bits per heavy atom. The normalized spacial score (nSPS) is 23.4. The first-order valence-corrected chi connectivity index (χ1v) is 7.76. The summed E-state index contributed by atoms with van der Waals surface area (Å²) in [6, 6.07) is 0. The molecule has 1 unspecified atom stereocenters. The van der Waals surface area contributed by atoms with Crippen molar-refractivity contribution in [2.75, 3.05) is 0 Å². The standard InChI is InChI=1S/C16H29O/c1-2-15(14-17)16-12-10-8-6-4-3-5-7-9-11-13-16/h15-16H,2-13H2,1H3. The first-order chi connectivity index (χ1) is 8.38. The van der Waals surface area contributed by atoms with Crippen LogP contribution in [0.15, 0.2) is 0 Å². The molecular formula is C16H29O. The molecule has 0 aromatic heterocycles. The van der Waals surface area contributed by atoms with Gasteiger partial charge < -0.3 is 0 Å². The van der Waals surface area contributed by atoms with Crippen LogP contribution in [0.4, 0.5) is 0 Å². The van der Waals surface area contributed by atoms with E-state index in [1.165, 1.54) is 70.6 Å². The van der Waals surface area contributed by atoms with E-state index in [1.807, 2.05) is 0 Å². The number of hydrogen-bond donors (Lipinski definition) is 0. The monoisotopic (exact) mass is 237 g/mol. The zero-order chi connectivity index (χ0) is 12.3. The summed E-state index contributed by atoms with van der Waals surface area (Å²) in [6.45, 7) is 2.13. The smallest absolute Gasteiger partial charge is 0.202 e. The molecule has 17 heavy (non-hydrogen) atoms. The van der Waals surface area contributed by atoms with Gasteiger partial charge in [-0.3, -0.25) is 4.79 Å². The molecule has 1 aliphatic carbocycles. The van der Waals surface area contributed by atoms with E-state index in [0.29, 0.717) is 5.92 Å². The van der Waals surface area contributed by atoms with Gasteiger partial charge in [0.2, 0.25) is 6.29 Å². The highest BCUT2D eigenvalue weighted by molar-refractivity contribution is 5.54. The molecule has 0 N–H and O–H groups in total. The van der Waals surface area contributed by atoms with Crippen LogP contribution in [0.3, 0.4) is 0 Å². The van der Waals surface area contributed by atoms with Crippen molar-refractivity contribution in [2.24, 2.45) is 11.8 Å². The van der Waals surface area contributed by atoms with E-state index in [9.17, 15) is 4.79 Å². The lowest BCUT2D eigenvalue weighted by molar-refractivity contribution is 0.317. The fourth-order valence-corrected chi connectivity index (χ4v) is 3.11. The molecule has 1 saturated carbocycles. The molecule has 0 bridgehead atoms. The van der Waals surface area contributed by atoms with Crippen LogP contribution in [0.5, 0.6) is 0 Å². The maximum atomic E-state index is 11.0. The first-order valence-electron chi connectivity index (χ1n) is 7.76. The summed E-state index contributed by atoms with van der Waals surface area (Å²) in [6.07, 6.45) is 18.2. The SMILES string of the molecule is CCC([C]=O)C1CCCCCCCCCCC1. The average Bonchev–Trinajstić information content (AvgIpc) is 2.33. The largest absolute Gasteiger partial charge is 0.291 e. The van der Waals surface area contributed by atoms with Crippen molar-refractivity contribution in [1.82, 2.24) is 0 Å². The molecule has 0 amide bonds. The molecule has 0 saturated heterocycles. The fraction of sp³-hybridized carbons (Fsp3) is 0.938. The molecular weight excluding hydrogens is 208 g/mol. The maximum absolute atomic E-state index is 11.0. The van der Waals surface area contributed by atoms with Crippen molar-refractivity contribution >= 4 is 6.29 Å². The Morgan fingerprint density at radius 3 is 1.65 bits per heavy atom. The summed E-state index contributed by atoms with van der Waals surface area (Å²) in [5.74, 6) is 0.829. The van der Waals surface area contributed by atoms with Gasteiger partial charge in [0.05, 0.1) is 0 Å². The third-order valence-corrected chi connectivity index (χ3v) is 4.31. The predicted molar refractivity (Wildman–Crippen MR) is 73.8 cm³/mol. The lowest BCUT2D eigenvalue weighted by atomic mass is 9.82. The molecule has 1 nitrogen and oxygen atoms in total. The van der Waals surface area contributed by atoms with E-state index >= 15 is 0 Å². The van der Waals surface area contributed by atoms with E-state index in [0.717, 1.165) is 6.42 Å². The van der Waals surface area contributed by atoms with Crippen molar-refractivity contribution in [3.05, 3.63) is 0 Å². The lowest BCUT2D eigenvalue weighted by Gasteiger charge is -2.22. The van der Waals surface area contributed by atoms with E-state index in [1.54, 1.807) is 0 Å². The minimum Gasteiger partial charge on any atom is -0.291 e. The molecule has 1 aliphatic rings. The predicted octanol–water partition coefficient (Wildman–Crippen LogP) is 5.04. The second-order valence-corrected chi connectivity index (χ2v) is 5.65. The van der Waals surface area contributed by atoms with Crippen LogP contribution in [0.1, 0.15) is 84.0 Å². The van der Waals surface area contributed by atoms with Crippen LogP contribution in [0.25, 0.3) is 0 Å². The highest BCUT2D eigenvalue weighted by atomic mass is 16.1. The van der Waals surface area contributed by atoms with Gasteiger partial charge in [-0.25, -0.2) is 0 Å². The molecule has 1 atom stereocenters. The maximum Gasteiger partial charge on any atom is 0.202 e. The van der Waals surface area contributed by atoms with Crippen molar-refractivity contribution in [3.63, 3.8) is 0 Å². The Balaban J connectivity index is 2.39. The van der Waals surface area contributed by atoms with Crippen LogP contribution >= 0.6 is 0 Å². The van der Waals surface area contributed by atoms with Gasteiger partial charge in [0, 0.05) is 5.92 Å². The fourth-order valence-electron chi connectivity index (χ4n) is 3.11. The molecule has 0 spiro atoms. The number of hydrogen-bond acceptors (Lipinski definition) is 1. The Bertz CT molecular complexity index is 176. The van der Waals surface area contributed by atoms with E-state index in [4.69, 9.17) is 0 Å². The summed E-state index contributed by atoms with van der Waals surface area (Å²) in [7, 11) is 0. The van der Waals surface area contributed by atoms with Crippen LogP contribution < -0.4 is 0 Å². The van der Waals surface area contributed by atoms with E-state index in [2.05, 4.69) is 13.2 Å². The Kier molecular flexibility index (Phi) is 8.38. The summed E-state index contributed by atoms with van der Waals surface area (Å²) in [4.78, 5) is 11.0. The molecule has 1 radical (unpaired) electrons. The van der Waals surface area contributed by atoms with Crippen LogP contribution in [-0.4, -0.2) is 6.29 Å². The zero-order valence-electron chi connectivity index (χ0n) is 11.5. The van der Waals surface area contributed by atoms with Gasteiger partial charge in [0.25, 0.3) is 0 Å². The molecule has 99 valence electrons. The molecule has 0 aromatic carbocycles. The van der Waals surface area contributed by atoms with Gasteiger partial charge in [-0.15, -0.1) is 0 Å². The summed E-state index contributed by atoms with van der Waals surface area (Å²) in [5.41, 5.74) is 0. The molecule has 1 rings (SSSR count). The molecule has 0 aliphatic heterocycles. The van der Waals surface area contributed by atoms with Crippen molar-refractivity contribution in [1.29, 1.82) is 0 Å². The van der Waals surface area contributed by atoms with Gasteiger partial charge in [-0.05, 0) is 25.2 Å². The second-order valence-electron chi connectivity index (χ2n) is 5.65. The van der Waals surface area contributed by atoms with Gasteiger partial charge in [-0.1, -0.05) is 64.7 Å². The minimum absolute atomic E-state index is 0.206.